The van der Waals surface area contributed by atoms with Gasteiger partial charge < -0.3 is 4.74 Å². The third kappa shape index (κ3) is 5.42. The molecule has 2 heterocycles. The molecule has 0 spiro atoms. The van der Waals surface area contributed by atoms with Gasteiger partial charge in [0.05, 0.1) is 39.1 Å². The fourth-order valence-electron chi connectivity index (χ4n) is 3.84. The maximum atomic E-state index is 15.3. The van der Waals surface area contributed by atoms with Crippen LogP contribution in [0.1, 0.15) is 27.0 Å². The van der Waals surface area contributed by atoms with Gasteiger partial charge in [0.25, 0.3) is 0 Å². The maximum Gasteiger partial charge on any atom is 0.417 e. The molecule has 0 aliphatic heterocycles. The SMILES string of the molecule is O=C(c1ccc2ncc(-c3cccnc3)nc2c1)c1c(F)ccc(OCc2ccc(C(F)(F)F)c(Cl)c2)c1F. The number of halogens is 6. The third-order valence-electron chi connectivity index (χ3n) is 5.78. The number of rotatable bonds is 6. The van der Waals surface area contributed by atoms with Gasteiger partial charge in [0.1, 0.15) is 12.4 Å². The molecule has 196 valence electrons. The standard InChI is InChI=1S/C28H15ClF5N3O2/c29-19-10-15(3-5-18(19)28(32,33)34)14-39-24-8-6-20(30)25(26(24)31)27(38)16-4-7-21-22(11-16)37-23(13-36-21)17-2-1-9-35-12-17/h1-13H,14H2. The molecule has 0 fully saturated rings. The van der Waals surface area contributed by atoms with Crippen molar-refractivity contribution in [2.45, 2.75) is 12.8 Å². The van der Waals surface area contributed by atoms with Gasteiger partial charge in [-0.3, -0.25) is 14.8 Å². The van der Waals surface area contributed by atoms with Crippen molar-refractivity contribution in [2.75, 3.05) is 0 Å². The van der Waals surface area contributed by atoms with Gasteiger partial charge in [-0.15, -0.1) is 0 Å². The normalized spacial score (nSPS) is 11.5. The number of carbonyl (C=O) groups is 1. The number of hydrogen-bond acceptors (Lipinski definition) is 5. The average molecular weight is 556 g/mol. The molecule has 0 aliphatic carbocycles. The minimum atomic E-state index is -4.64. The molecule has 0 atom stereocenters. The monoisotopic (exact) mass is 555 g/mol. The molecule has 0 saturated heterocycles. The van der Waals surface area contributed by atoms with E-state index in [1.165, 1.54) is 18.2 Å². The van der Waals surface area contributed by atoms with Crippen LogP contribution in [0.15, 0.2) is 79.3 Å². The van der Waals surface area contributed by atoms with Crippen LogP contribution >= 0.6 is 11.6 Å². The largest absolute Gasteiger partial charge is 0.486 e. The minimum absolute atomic E-state index is 0.0374. The van der Waals surface area contributed by atoms with E-state index in [1.807, 2.05) is 0 Å². The molecule has 0 bridgehead atoms. The summed E-state index contributed by atoms with van der Waals surface area (Å²) < 4.78 is 74.1. The zero-order chi connectivity index (χ0) is 27.7. The van der Waals surface area contributed by atoms with E-state index in [0.29, 0.717) is 22.3 Å². The van der Waals surface area contributed by atoms with Gasteiger partial charge in [-0.05, 0) is 60.2 Å². The number of aromatic nitrogens is 3. The molecule has 3 aromatic carbocycles. The molecule has 5 nitrogen and oxygen atoms in total. The van der Waals surface area contributed by atoms with E-state index in [2.05, 4.69) is 15.0 Å². The topological polar surface area (TPSA) is 65.0 Å². The van der Waals surface area contributed by atoms with E-state index in [0.717, 1.165) is 30.3 Å². The second kappa shape index (κ2) is 10.4. The Morgan fingerprint density at radius 2 is 1.77 bits per heavy atom. The van der Waals surface area contributed by atoms with E-state index in [-0.39, 0.29) is 17.7 Å². The number of carbonyl (C=O) groups excluding carboxylic acids is 1. The Balaban J connectivity index is 1.42. The lowest BCUT2D eigenvalue weighted by Gasteiger charge is -2.13. The van der Waals surface area contributed by atoms with E-state index < -0.39 is 45.5 Å². The van der Waals surface area contributed by atoms with E-state index in [9.17, 15) is 22.4 Å². The summed E-state index contributed by atoms with van der Waals surface area (Å²) in [6, 6.07) is 12.6. The Labute approximate surface area is 222 Å². The van der Waals surface area contributed by atoms with Crippen LogP contribution < -0.4 is 4.74 Å². The fourth-order valence-corrected chi connectivity index (χ4v) is 4.15. The molecule has 0 saturated carbocycles. The first-order chi connectivity index (χ1) is 18.6. The Morgan fingerprint density at radius 3 is 2.49 bits per heavy atom. The maximum absolute atomic E-state index is 15.3. The zero-order valence-corrected chi connectivity index (χ0v) is 20.4. The van der Waals surface area contributed by atoms with Crippen LogP contribution in [-0.4, -0.2) is 20.7 Å². The highest BCUT2D eigenvalue weighted by Crippen LogP contribution is 2.35. The summed E-state index contributed by atoms with van der Waals surface area (Å²) in [4.78, 5) is 26.0. The molecule has 0 aliphatic rings. The highest BCUT2D eigenvalue weighted by atomic mass is 35.5. The molecular weight excluding hydrogens is 541 g/mol. The number of fused-ring (bicyclic) bond motifs is 1. The summed E-state index contributed by atoms with van der Waals surface area (Å²) >= 11 is 5.71. The second-order valence-corrected chi connectivity index (χ2v) is 8.77. The van der Waals surface area contributed by atoms with Crippen LogP contribution in [0.25, 0.3) is 22.3 Å². The van der Waals surface area contributed by atoms with Crippen molar-refractivity contribution in [3.05, 3.63) is 118 Å². The molecule has 5 aromatic rings. The van der Waals surface area contributed by atoms with Crippen molar-refractivity contribution >= 4 is 28.4 Å². The lowest BCUT2D eigenvalue weighted by molar-refractivity contribution is -0.137. The van der Waals surface area contributed by atoms with Crippen LogP contribution in [0, 0.1) is 11.6 Å². The van der Waals surface area contributed by atoms with Crippen molar-refractivity contribution in [1.29, 1.82) is 0 Å². The highest BCUT2D eigenvalue weighted by molar-refractivity contribution is 6.31. The number of pyridine rings is 1. The second-order valence-electron chi connectivity index (χ2n) is 8.36. The molecule has 0 radical (unpaired) electrons. The lowest BCUT2D eigenvalue weighted by Crippen LogP contribution is -2.10. The molecule has 5 rings (SSSR count). The van der Waals surface area contributed by atoms with Crippen molar-refractivity contribution in [3.63, 3.8) is 0 Å². The van der Waals surface area contributed by atoms with Crippen molar-refractivity contribution in [2.24, 2.45) is 0 Å². The molecule has 0 unspecified atom stereocenters. The minimum Gasteiger partial charge on any atom is -0.486 e. The number of hydrogen-bond donors (Lipinski definition) is 0. The molecule has 11 heteroatoms. The summed E-state index contributed by atoms with van der Waals surface area (Å²) in [6.07, 6.45) is 0.113. The first-order valence-corrected chi connectivity index (χ1v) is 11.7. The van der Waals surface area contributed by atoms with Crippen LogP contribution in [0.4, 0.5) is 22.0 Å². The molecular formula is C28H15ClF5N3O2. The highest BCUT2D eigenvalue weighted by Gasteiger charge is 2.33. The predicted molar refractivity (Wildman–Crippen MR) is 133 cm³/mol. The Morgan fingerprint density at radius 1 is 0.949 bits per heavy atom. The molecule has 0 amide bonds. The molecule has 39 heavy (non-hydrogen) atoms. The first kappa shape index (κ1) is 26.2. The number of nitrogens with zero attached hydrogens (tertiary/aromatic N) is 3. The lowest BCUT2D eigenvalue weighted by atomic mass is 10.0. The van der Waals surface area contributed by atoms with E-state index in [1.54, 1.807) is 30.7 Å². The Bertz CT molecular complexity index is 1710. The van der Waals surface area contributed by atoms with Crippen molar-refractivity contribution in [3.8, 4) is 17.0 Å². The number of ketones is 1. The number of benzene rings is 3. The van der Waals surface area contributed by atoms with Crippen LogP contribution in [0.3, 0.4) is 0 Å². The summed E-state index contributed by atoms with van der Waals surface area (Å²) in [5.74, 6) is -3.79. The van der Waals surface area contributed by atoms with E-state index in [4.69, 9.17) is 16.3 Å². The average Bonchev–Trinajstić information content (AvgIpc) is 2.92. The van der Waals surface area contributed by atoms with Crippen LogP contribution in [0.2, 0.25) is 5.02 Å². The first-order valence-electron chi connectivity index (χ1n) is 11.3. The van der Waals surface area contributed by atoms with E-state index >= 15 is 4.39 Å². The smallest absolute Gasteiger partial charge is 0.417 e. The molecule has 0 N–H and O–H groups in total. The van der Waals surface area contributed by atoms with Gasteiger partial charge in [-0.2, -0.15) is 13.2 Å². The third-order valence-corrected chi connectivity index (χ3v) is 6.09. The zero-order valence-electron chi connectivity index (χ0n) is 19.6. The summed E-state index contributed by atoms with van der Waals surface area (Å²) in [7, 11) is 0. The van der Waals surface area contributed by atoms with Crippen molar-refractivity contribution in [1.82, 2.24) is 15.0 Å². The van der Waals surface area contributed by atoms with Gasteiger partial charge in [0, 0.05) is 23.5 Å². The predicted octanol–water partition coefficient (Wildman–Crippen LogP) is 7.45. The quantitative estimate of drug-likeness (QED) is 0.161. The van der Waals surface area contributed by atoms with Crippen LogP contribution in [0.5, 0.6) is 5.75 Å². The number of alkyl halides is 3. The van der Waals surface area contributed by atoms with Gasteiger partial charge in [-0.25, -0.2) is 13.8 Å². The van der Waals surface area contributed by atoms with Gasteiger partial charge in [0.15, 0.2) is 17.3 Å². The van der Waals surface area contributed by atoms with Gasteiger partial charge >= 0.3 is 6.18 Å². The summed E-state index contributed by atoms with van der Waals surface area (Å²) in [5.41, 5.74) is 0.278. The summed E-state index contributed by atoms with van der Waals surface area (Å²) in [6.45, 7) is -0.378. The summed E-state index contributed by atoms with van der Waals surface area (Å²) in [5, 5.41) is -0.551. The molecule has 2 aromatic heterocycles. The van der Waals surface area contributed by atoms with Gasteiger partial charge in [-0.1, -0.05) is 17.7 Å². The van der Waals surface area contributed by atoms with Crippen LogP contribution in [-0.2, 0) is 12.8 Å². The fraction of sp³-hybridized carbons (Fsp3) is 0.0714. The Kier molecular flexibility index (Phi) is 6.96. The van der Waals surface area contributed by atoms with Crippen molar-refractivity contribution < 1.29 is 31.5 Å². The Hall–Kier alpha value is -4.44. The van der Waals surface area contributed by atoms with Gasteiger partial charge in [0.2, 0.25) is 0 Å². The number of ether oxygens (including phenoxy) is 1.